The van der Waals surface area contributed by atoms with Crippen molar-refractivity contribution in [1.82, 2.24) is 5.32 Å². The van der Waals surface area contributed by atoms with Gasteiger partial charge in [-0.3, -0.25) is 4.79 Å². The summed E-state index contributed by atoms with van der Waals surface area (Å²) in [6.45, 7) is 8.03. The fraction of sp³-hybridized carbons (Fsp3) is 0.0370. The average molecular weight is 425 g/mol. The fourth-order valence-corrected chi connectivity index (χ4v) is 2.86. The third-order valence-electron chi connectivity index (χ3n) is 4.68. The highest BCUT2D eigenvalue weighted by molar-refractivity contribution is 6.02. The largest absolute Gasteiger partial charge is 0.489 e. The van der Waals surface area contributed by atoms with Crippen molar-refractivity contribution in [2.45, 2.75) is 6.61 Å². The number of carbonyl (C=O) groups excluding carboxylic acids is 1. The Bertz CT molecular complexity index is 1140. The number of rotatable bonds is 9. The second-order valence-corrected chi connectivity index (χ2v) is 6.97. The van der Waals surface area contributed by atoms with Gasteiger partial charge in [0, 0.05) is 5.56 Å². The molecule has 2 N–H and O–H groups in total. The van der Waals surface area contributed by atoms with Gasteiger partial charge in [-0.1, -0.05) is 73.8 Å². The van der Waals surface area contributed by atoms with E-state index in [1.165, 1.54) is 6.08 Å². The zero-order chi connectivity index (χ0) is 22.9. The first-order valence-electron chi connectivity index (χ1n) is 9.91. The van der Waals surface area contributed by atoms with Crippen LogP contribution < -0.4 is 10.1 Å². The topological polar surface area (TPSA) is 75.6 Å². The summed E-state index contributed by atoms with van der Waals surface area (Å²) < 4.78 is 5.80. The minimum absolute atomic E-state index is 0.214. The molecule has 160 valence electrons. The van der Waals surface area contributed by atoms with Crippen LogP contribution in [0.4, 0.5) is 0 Å². The number of hydrogen-bond acceptors (Lipinski definition) is 3. The first kappa shape index (κ1) is 22.3. The molecular weight excluding hydrogens is 402 g/mol. The second-order valence-electron chi connectivity index (χ2n) is 6.97. The highest BCUT2D eigenvalue weighted by atomic mass is 16.5. The molecule has 0 saturated carbocycles. The number of carboxylic acids is 1. The molecule has 5 heteroatoms. The van der Waals surface area contributed by atoms with Gasteiger partial charge in [0.2, 0.25) is 0 Å². The number of carbonyl (C=O) groups is 2. The zero-order valence-electron chi connectivity index (χ0n) is 17.5. The molecule has 0 atom stereocenters. The van der Waals surface area contributed by atoms with Gasteiger partial charge in [-0.2, -0.15) is 0 Å². The third-order valence-corrected chi connectivity index (χ3v) is 4.68. The number of benzene rings is 3. The molecule has 0 aliphatic carbocycles. The maximum atomic E-state index is 12.3. The molecule has 0 saturated heterocycles. The normalized spacial score (nSPS) is 10.8. The summed E-state index contributed by atoms with van der Waals surface area (Å²) in [4.78, 5) is 23.8. The summed E-state index contributed by atoms with van der Waals surface area (Å²) in [5, 5.41) is 11.9. The summed E-state index contributed by atoms with van der Waals surface area (Å²) in [7, 11) is 0. The lowest BCUT2D eigenvalue weighted by molar-refractivity contribution is -0.132. The predicted molar refractivity (Wildman–Crippen MR) is 126 cm³/mol. The van der Waals surface area contributed by atoms with Crippen LogP contribution in [0.25, 0.3) is 11.6 Å². The predicted octanol–water partition coefficient (Wildman–Crippen LogP) is 5.32. The standard InChI is InChI=1S/C27H23NO4/c1-3-19(2)22-13-9-21(10-14-22)18-32-24-15-11-20(12-16-24)17-25(27(30)31)28-26(29)23-7-5-4-6-8-23/h3-17H,1-2,18H2,(H,28,29)(H,30,31)/b25-17-. The third kappa shape index (κ3) is 6.06. The van der Waals surface area contributed by atoms with Crippen LogP contribution in [0.3, 0.4) is 0 Å². The van der Waals surface area contributed by atoms with Crippen LogP contribution in [0.5, 0.6) is 5.75 Å². The summed E-state index contributed by atoms with van der Waals surface area (Å²) in [5.41, 5.74) is 3.66. The molecule has 0 unspecified atom stereocenters. The maximum absolute atomic E-state index is 12.3. The second kappa shape index (κ2) is 10.6. The van der Waals surface area contributed by atoms with Gasteiger partial charge in [0.1, 0.15) is 18.1 Å². The Hall–Kier alpha value is -4.38. The number of amides is 1. The number of ether oxygens (including phenoxy) is 1. The van der Waals surface area contributed by atoms with Gasteiger partial charge in [0.25, 0.3) is 5.91 Å². The monoisotopic (exact) mass is 425 g/mol. The Labute approximate surface area is 187 Å². The van der Waals surface area contributed by atoms with Gasteiger partial charge < -0.3 is 15.2 Å². The van der Waals surface area contributed by atoms with E-state index in [-0.39, 0.29) is 5.70 Å². The highest BCUT2D eigenvalue weighted by Gasteiger charge is 2.13. The van der Waals surface area contributed by atoms with E-state index in [0.717, 1.165) is 16.7 Å². The van der Waals surface area contributed by atoms with Crippen molar-refractivity contribution in [3.8, 4) is 5.75 Å². The van der Waals surface area contributed by atoms with Crippen LogP contribution in [0.15, 0.2) is 104 Å². The number of hydrogen-bond donors (Lipinski definition) is 2. The average Bonchev–Trinajstić information content (AvgIpc) is 2.83. The summed E-state index contributed by atoms with van der Waals surface area (Å²) in [6.07, 6.45) is 3.11. The Morgan fingerprint density at radius 3 is 2.16 bits per heavy atom. The van der Waals surface area contributed by atoms with E-state index in [0.29, 0.717) is 23.5 Å². The van der Waals surface area contributed by atoms with Crippen LogP contribution in [0.1, 0.15) is 27.0 Å². The number of nitrogens with one attached hydrogen (secondary N) is 1. The molecular formula is C27H23NO4. The summed E-state index contributed by atoms with van der Waals surface area (Å²) in [6, 6.07) is 23.3. The summed E-state index contributed by atoms with van der Waals surface area (Å²) in [5.74, 6) is -1.06. The van der Waals surface area contributed by atoms with Crippen molar-refractivity contribution in [2.75, 3.05) is 0 Å². The molecule has 0 radical (unpaired) electrons. The lowest BCUT2D eigenvalue weighted by Crippen LogP contribution is -2.27. The molecule has 0 spiro atoms. The van der Waals surface area contributed by atoms with E-state index in [9.17, 15) is 14.7 Å². The van der Waals surface area contributed by atoms with E-state index in [1.54, 1.807) is 60.7 Å². The maximum Gasteiger partial charge on any atom is 0.352 e. The van der Waals surface area contributed by atoms with Crippen molar-refractivity contribution >= 4 is 23.5 Å². The zero-order valence-corrected chi connectivity index (χ0v) is 17.5. The number of allylic oxidation sites excluding steroid dienone is 2. The Morgan fingerprint density at radius 2 is 1.56 bits per heavy atom. The van der Waals surface area contributed by atoms with Gasteiger partial charge in [0.05, 0.1) is 0 Å². The lowest BCUT2D eigenvalue weighted by atomic mass is 10.1. The molecule has 0 bridgehead atoms. The van der Waals surface area contributed by atoms with E-state index in [2.05, 4.69) is 18.5 Å². The van der Waals surface area contributed by atoms with E-state index in [1.807, 2.05) is 24.3 Å². The lowest BCUT2D eigenvalue weighted by Gasteiger charge is -2.09. The van der Waals surface area contributed by atoms with Gasteiger partial charge in [0.15, 0.2) is 0 Å². The first-order valence-corrected chi connectivity index (χ1v) is 9.91. The van der Waals surface area contributed by atoms with Crippen molar-refractivity contribution in [2.24, 2.45) is 0 Å². The molecule has 3 aromatic rings. The van der Waals surface area contributed by atoms with Crippen LogP contribution in [-0.4, -0.2) is 17.0 Å². The molecule has 3 aromatic carbocycles. The molecule has 32 heavy (non-hydrogen) atoms. The van der Waals surface area contributed by atoms with Crippen LogP contribution in [0.2, 0.25) is 0 Å². The van der Waals surface area contributed by atoms with Crippen molar-refractivity contribution in [3.63, 3.8) is 0 Å². The van der Waals surface area contributed by atoms with Crippen LogP contribution >= 0.6 is 0 Å². The minimum Gasteiger partial charge on any atom is -0.489 e. The number of carboxylic acid groups (broad SMARTS) is 1. The minimum atomic E-state index is -1.22. The fourth-order valence-electron chi connectivity index (χ4n) is 2.86. The van der Waals surface area contributed by atoms with Crippen LogP contribution in [0, 0.1) is 0 Å². The molecule has 0 aromatic heterocycles. The van der Waals surface area contributed by atoms with E-state index >= 15 is 0 Å². The highest BCUT2D eigenvalue weighted by Crippen LogP contribution is 2.18. The first-order chi connectivity index (χ1) is 15.5. The van der Waals surface area contributed by atoms with Crippen molar-refractivity contribution in [1.29, 1.82) is 0 Å². The van der Waals surface area contributed by atoms with E-state index < -0.39 is 11.9 Å². The summed E-state index contributed by atoms with van der Waals surface area (Å²) >= 11 is 0. The van der Waals surface area contributed by atoms with Gasteiger partial charge in [-0.15, -0.1) is 0 Å². The molecule has 0 aliphatic heterocycles. The Kier molecular flexibility index (Phi) is 7.38. The van der Waals surface area contributed by atoms with Crippen molar-refractivity contribution < 1.29 is 19.4 Å². The molecule has 0 heterocycles. The smallest absolute Gasteiger partial charge is 0.352 e. The quantitative estimate of drug-likeness (QED) is 0.359. The molecule has 3 rings (SSSR count). The SMILES string of the molecule is C=CC(=C)c1ccc(COc2ccc(/C=C(\NC(=O)c3ccccc3)C(=O)O)cc2)cc1. The molecule has 5 nitrogen and oxygen atoms in total. The van der Waals surface area contributed by atoms with E-state index in [4.69, 9.17) is 4.74 Å². The number of aliphatic carboxylic acids is 1. The van der Waals surface area contributed by atoms with Crippen molar-refractivity contribution in [3.05, 3.63) is 126 Å². The van der Waals surface area contributed by atoms with Gasteiger partial charge in [-0.05, 0) is 52.6 Å². The Balaban J connectivity index is 1.63. The molecule has 1 amide bonds. The molecule has 0 aliphatic rings. The van der Waals surface area contributed by atoms with Gasteiger partial charge in [-0.25, -0.2) is 4.79 Å². The van der Waals surface area contributed by atoms with Gasteiger partial charge >= 0.3 is 5.97 Å². The Morgan fingerprint density at radius 1 is 0.906 bits per heavy atom. The molecule has 0 fully saturated rings. The van der Waals surface area contributed by atoms with Crippen LogP contribution in [-0.2, 0) is 11.4 Å².